The summed E-state index contributed by atoms with van der Waals surface area (Å²) in [5, 5.41) is 0. The fourth-order valence-electron chi connectivity index (χ4n) is 0.0653. The van der Waals surface area contributed by atoms with Crippen LogP contribution in [0.4, 0.5) is 0 Å². The Kier molecular flexibility index (Phi) is 45.7. The number of hydrogen-bond donors (Lipinski definition) is 4. The third kappa shape index (κ3) is 153. The highest BCUT2D eigenvalue weighted by molar-refractivity contribution is 7.53. The topological polar surface area (TPSA) is 90.2 Å². The van der Waals surface area contributed by atoms with E-state index < -0.39 is 17.2 Å². The molecule has 0 aromatic carbocycles. The molecule has 0 amide bonds. The van der Waals surface area contributed by atoms with E-state index >= 15 is 0 Å². The van der Waals surface area contributed by atoms with Crippen LogP contribution in [-0.2, 0) is 4.31 Å². The first kappa shape index (κ1) is 24.9. The van der Waals surface area contributed by atoms with E-state index in [0.717, 1.165) is 0 Å². The summed E-state index contributed by atoms with van der Waals surface area (Å²) in [5.74, 6) is 0. The Balaban J connectivity index is -0.0000000677. The van der Waals surface area contributed by atoms with Gasteiger partial charge in [-0.1, -0.05) is 18.2 Å². The van der Waals surface area contributed by atoms with Crippen molar-refractivity contribution in [2.24, 2.45) is 0 Å². The van der Waals surface area contributed by atoms with Crippen LogP contribution >= 0.6 is 17.2 Å². The maximum atomic E-state index is 7.82. The highest BCUT2D eigenvalue weighted by atomic mass is 31.2. The molecule has 7 heteroatoms. The lowest BCUT2D eigenvalue weighted by Gasteiger charge is -2.00. The molecule has 0 atom stereocenters. The Morgan fingerprint density at radius 2 is 0.875 bits per heavy atom. The first-order valence-corrected chi connectivity index (χ1v) is 6.45. The zero-order valence-corrected chi connectivity index (χ0v) is 11.7. The van der Waals surface area contributed by atoms with Crippen molar-refractivity contribution in [3.05, 3.63) is 38.0 Å². The minimum Gasteiger partial charge on any atom is -0.328 e. The predicted molar refractivity (Wildman–Crippen MR) is 71.4 cm³/mol. The summed E-state index contributed by atoms with van der Waals surface area (Å²) >= 11 is 0. The molecule has 0 bridgehead atoms. The molecule has 4 N–H and O–H groups in total. The van der Waals surface area contributed by atoms with Gasteiger partial charge in [-0.15, -0.1) is 19.7 Å². The van der Waals surface area contributed by atoms with Crippen LogP contribution in [0.1, 0.15) is 20.8 Å². The Morgan fingerprint density at radius 1 is 0.750 bits per heavy atom. The van der Waals surface area contributed by atoms with Gasteiger partial charge in [0.2, 0.25) is 0 Å². The van der Waals surface area contributed by atoms with Gasteiger partial charge in [-0.25, -0.2) is 4.31 Å². The lowest BCUT2D eigenvalue weighted by Crippen LogP contribution is -1.73. The van der Waals surface area contributed by atoms with Crippen molar-refractivity contribution in [2.45, 2.75) is 20.8 Å². The van der Waals surface area contributed by atoms with Crippen molar-refractivity contribution in [2.75, 3.05) is 0 Å². The first-order chi connectivity index (χ1) is 7.37. The molecule has 0 saturated heterocycles. The monoisotopic (exact) mass is 272 g/mol. The van der Waals surface area contributed by atoms with Gasteiger partial charge in [0.15, 0.2) is 0 Å². The summed E-state index contributed by atoms with van der Waals surface area (Å²) in [7, 11) is -5.22. The number of hydrogen-bond acceptors (Lipinski definition) is 5. The van der Waals surface area contributed by atoms with Crippen molar-refractivity contribution < 1.29 is 23.9 Å². The second kappa shape index (κ2) is 29.4. The first-order valence-electron chi connectivity index (χ1n) is 4.12. The quantitative estimate of drug-likeness (QED) is 0.458. The molecule has 0 saturated carbocycles. The average molecular weight is 272 g/mol. The van der Waals surface area contributed by atoms with Crippen LogP contribution in [0.15, 0.2) is 38.0 Å². The second-order valence-corrected chi connectivity index (χ2v) is 3.48. The molecular weight excluding hydrogens is 250 g/mol. The molecule has 0 unspecified atom stereocenters. The zero-order valence-electron chi connectivity index (χ0n) is 9.94. The Hall–Kier alpha value is -0.120. The van der Waals surface area contributed by atoms with Gasteiger partial charge in [0.05, 0.1) is 0 Å². The van der Waals surface area contributed by atoms with Crippen LogP contribution in [0.25, 0.3) is 0 Å². The molecule has 0 aliphatic carbocycles. The highest BCUT2D eigenvalue weighted by Gasteiger charge is 2.05. The molecule has 0 aliphatic heterocycles. The molecule has 98 valence electrons. The van der Waals surface area contributed by atoms with Gasteiger partial charge in [0, 0.05) is 0 Å². The Bertz CT molecular complexity index is 120. The summed E-state index contributed by atoms with van der Waals surface area (Å²) < 4.78 is 3.60. The average Bonchev–Trinajstić information content (AvgIpc) is 2.04. The molecule has 16 heavy (non-hydrogen) atoms. The maximum Gasteiger partial charge on any atom is 0.334 e. The van der Waals surface area contributed by atoms with Crippen molar-refractivity contribution in [1.29, 1.82) is 0 Å². The van der Waals surface area contributed by atoms with Crippen molar-refractivity contribution >= 4 is 17.2 Å². The molecule has 0 rings (SSSR count). The summed E-state index contributed by atoms with van der Waals surface area (Å²) in [6.07, 6.45) is 5.25. The lowest BCUT2D eigenvalue weighted by atomic mass is 10.8. The normalized spacial score (nSPS) is 7.31. The molecule has 0 fully saturated rings. The largest absolute Gasteiger partial charge is 0.334 e. The van der Waals surface area contributed by atoms with Crippen LogP contribution in [0, 0.1) is 0 Å². The maximum absolute atomic E-state index is 7.82. The van der Waals surface area contributed by atoms with E-state index in [-0.39, 0.29) is 0 Å². The van der Waals surface area contributed by atoms with E-state index in [9.17, 15) is 0 Å². The second-order valence-electron chi connectivity index (χ2n) is 1.81. The third-order valence-electron chi connectivity index (χ3n) is 0.146. The summed E-state index contributed by atoms with van der Waals surface area (Å²) in [4.78, 5) is 31.3. The Morgan fingerprint density at radius 3 is 0.875 bits per heavy atom. The van der Waals surface area contributed by atoms with Crippen molar-refractivity contribution in [3.8, 4) is 0 Å². The van der Waals surface area contributed by atoms with Gasteiger partial charge < -0.3 is 19.6 Å². The summed E-state index contributed by atoms with van der Waals surface area (Å²) in [6.45, 7) is 15.8. The predicted octanol–water partition coefficient (Wildman–Crippen LogP) is 3.00. The molecule has 5 nitrogen and oxygen atoms in total. The minimum atomic E-state index is -2.61. The van der Waals surface area contributed by atoms with E-state index in [2.05, 4.69) is 24.0 Å². The number of allylic oxidation sites excluding steroid dienone is 3. The summed E-state index contributed by atoms with van der Waals surface area (Å²) in [5.41, 5.74) is 0. The van der Waals surface area contributed by atoms with Gasteiger partial charge in [0.25, 0.3) is 0 Å². The molecule has 0 aromatic rings. The molecule has 0 spiro atoms. The van der Waals surface area contributed by atoms with Gasteiger partial charge in [0.1, 0.15) is 0 Å². The fourth-order valence-corrected chi connectivity index (χ4v) is 0.588. The standard InChI is InChI=1S/3C3H6.H4O5P2/c3*1-3-2;1-6(2)5-7(3)4/h3*3H,1H2,2H3;1-4H. The van der Waals surface area contributed by atoms with Crippen LogP contribution in [-0.4, -0.2) is 19.6 Å². The van der Waals surface area contributed by atoms with Crippen LogP contribution in [0.2, 0.25) is 0 Å². The SMILES string of the molecule is C=CC.C=CC.C=CC.OP(O)OP(O)O. The molecule has 0 aliphatic rings. The van der Waals surface area contributed by atoms with E-state index in [1.165, 1.54) is 0 Å². The number of rotatable bonds is 2. The smallest absolute Gasteiger partial charge is 0.328 e. The molecular formula is C9H22O5P2. The molecule has 0 aromatic heterocycles. The van der Waals surface area contributed by atoms with Gasteiger partial charge in [-0.2, -0.15) is 0 Å². The van der Waals surface area contributed by atoms with Crippen LogP contribution < -0.4 is 0 Å². The van der Waals surface area contributed by atoms with Crippen LogP contribution in [0.3, 0.4) is 0 Å². The Labute approximate surface area is 100 Å². The minimum absolute atomic E-state index is 1.75. The fraction of sp³-hybridized carbons (Fsp3) is 0.333. The van der Waals surface area contributed by atoms with Crippen LogP contribution in [0.5, 0.6) is 0 Å². The molecule has 0 radical (unpaired) electrons. The lowest BCUT2D eigenvalue weighted by molar-refractivity contribution is 0.324. The van der Waals surface area contributed by atoms with Crippen molar-refractivity contribution in [3.63, 3.8) is 0 Å². The zero-order chi connectivity index (χ0) is 14.0. The van der Waals surface area contributed by atoms with E-state index in [1.54, 1.807) is 18.2 Å². The summed E-state index contributed by atoms with van der Waals surface area (Å²) in [6, 6.07) is 0. The van der Waals surface area contributed by atoms with E-state index in [0.29, 0.717) is 0 Å². The van der Waals surface area contributed by atoms with Gasteiger partial charge >= 0.3 is 17.2 Å². The molecule has 0 heterocycles. The van der Waals surface area contributed by atoms with E-state index in [4.69, 9.17) is 19.6 Å². The van der Waals surface area contributed by atoms with Gasteiger partial charge in [-0.05, 0) is 20.8 Å². The third-order valence-corrected chi connectivity index (χ3v) is 1.31. The van der Waals surface area contributed by atoms with Gasteiger partial charge in [-0.3, -0.25) is 0 Å². The van der Waals surface area contributed by atoms with E-state index in [1.807, 2.05) is 20.8 Å². The van der Waals surface area contributed by atoms with Crippen molar-refractivity contribution in [1.82, 2.24) is 0 Å². The highest BCUT2D eigenvalue weighted by Crippen LogP contribution is 2.41.